The summed E-state index contributed by atoms with van der Waals surface area (Å²) in [7, 11) is 0. The molecule has 3 rings (SSSR count). The molecular weight excluding hydrogens is 310 g/mol. The van der Waals surface area contributed by atoms with Crippen molar-refractivity contribution in [3.63, 3.8) is 0 Å². The Hall–Kier alpha value is -2.25. The molecule has 1 saturated heterocycles. The predicted molar refractivity (Wildman–Crippen MR) is 101 cm³/mol. The molecular formula is C21H27N3O. The Morgan fingerprint density at radius 2 is 2.12 bits per heavy atom. The molecule has 1 aromatic rings. The maximum Gasteiger partial charge on any atom is 0.234 e. The van der Waals surface area contributed by atoms with Crippen LogP contribution in [0.2, 0.25) is 0 Å². The second kappa shape index (κ2) is 7.33. The van der Waals surface area contributed by atoms with Crippen LogP contribution in [0.4, 0.5) is 0 Å². The second-order valence-electron chi connectivity index (χ2n) is 7.31. The maximum absolute atomic E-state index is 11.9. The number of nitrogens with zero attached hydrogens (tertiary/aromatic N) is 1. The highest BCUT2D eigenvalue weighted by Gasteiger charge is 2.45. The summed E-state index contributed by atoms with van der Waals surface area (Å²) >= 11 is 0. The molecule has 2 aliphatic rings. The van der Waals surface area contributed by atoms with E-state index in [0.717, 1.165) is 38.0 Å². The third-order valence-corrected chi connectivity index (χ3v) is 5.49. The lowest BCUT2D eigenvalue weighted by atomic mass is 9.73. The lowest BCUT2D eigenvalue weighted by molar-refractivity contribution is -0.122. The van der Waals surface area contributed by atoms with Crippen LogP contribution in [0.5, 0.6) is 0 Å². The molecule has 4 nitrogen and oxygen atoms in total. The fraction of sp³-hybridized carbons (Fsp3) is 0.476. The van der Waals surface area contributed by atoms with E-state index in [9.17, 15) is 4.79 Å². The number of allylic oxidation sites excluding steroid dienone is 1. The van der Waals surface area contributed by atoms with Crippen LogP contribution in [0.1, 0.15) is 43.4 Å². The lowest BCUT2D eigenvalue weighted by Gasteiger charge is -2.40. The summed E-state index contributed by atoms with van der Waals surface area (Å²) in [5, 5.41) is 6.29. The molecule has 25 heavy (non-hydrogen) atoms. The van der Waals surface area contributed by atoms with Gasteiger partial charge in [0.1, 0.15) is 0 Å². The van der Waals surface area contributed by atoms with Crippen molar-refractivity contribution in [1.29, 1.82) is 0 Å². The molecule has 1 aliphatic heterocycles. The van der Waals surface area contributed by atoms with Gasteiger partial charge in [-0.15, -0.1) is 6.42 Å². The number of nitrogens with one attached hydrogen (secondary N) is 2. The smallest absolute Gasteiger partial charge is 0.234 e. The molecule has 2 N–H and O–H groups in total. The largest absolute Gasteiger partial charge is 0.382 e. The van der Waals surface area contributed by atoms with E-state index in [1.165, 1.54) is 11.1 Å². The molecule has 1 atom stereocenters. The third kappa shape index (κ3) is 3.72. The molecule has 1 aliphatic carbocycles. The number of carbonyl (C=O) groups excluding carboxylic acids is 1. The van der Waals surface area contributed by atoms with E-state index in [-0.39, 0.29) is 11.3 Å². The van der Waals surface area contributed by atoms with Crippen LogP contribution < -0.4 is 10.6 Å². The zero-order chi connectivity index (χ0) is 17.9. The summed E-state index contributed by atoms with van der Waals surface area (Å²) in [5.41, 5.74) is 4.12. The first-order chi connectivity index (χ1) is 12.0. The predicted octanol–water partition coefficient (Wildman–Crippen LogP) is 2.34. The molecule has 0 bridgehead atoms. The molecule has 1 spiro atoms. The van der Waals surface area contributed by atoms with Gasteiger partial charge < -0.3 is 10.6 Å². The van der Waals surface area contributed by atoms with Crippen LogP contribution >= 0.6 is 0 Å². The van der Waals surface area contributed by atoms with E-state index in [0.29, 0.717) is 19.1 Å². The first-order valence-corrected chi connectivity index (χ1v) is 8.98. The second-order valence-corrected chi connectivity index (χ2v) is 7.31. The number of terminal acetylenes is 1. The van der Waals surface area contributed by atoms with Crippen molar-refractivity contribution in [2.24, 2.45) is 0 Å². The first-order valence-electron chi connectivity index (χ1n) is 8.98. The van der Waals surface area contributed by atoms with Gasteiger partial charge in [0.05, 0.1) is 19.1 Å². The van der Waals surface area contributed by atoms with Crippen molar-refractivity contribution in [2.45, 2.75) is 37.6 Å². The van der Waals surface area contributed by atoms with Crippen LogP contribution in [0.15, 0.2) is 36.5 Å². The van der Waals surface area contributed by atoms with Gasteiger partial charge in [-0.25, -0.2) is 0 Å². The average Bonchev–Trinajstić information content (AvgIpc) is 2.89. The molecule has 1 amide bonds. The Labute approximate surface area is 150 Å². The van der Waals surface area contributed by atoms with Gasteiger partial charge in [-0.3, -0.25) is 9.69 Å². The number of fused-ring (bicyclic) bond motifs is 2. The SMILES string of the molecule is C#CCNC(=O)CN1CCC2(CC1)C[C@H](NC(=C)C)c1ccccc12. The number of hydrogen-bond donors (Lipinski definition) is 2. The lowest BCUT2D eigenvalue weighted by Crippen LogP contribution is -2.46. The summed E-state index contributed by atoms with van der Waals surface area (Å²) in [6.07, 6.45) is 8.47. The quantitative estimate of drug-likeness (QED) is 0.811. The highest BCUT2D eigenvalue weighted by Crippen LogP contribution is 2.50. The maximum atomic E-state index is 11.9. The Bertz CT molecular complexity index is 695. The summed E-state index contributed by atoms with van der Waals surface area (Å²) in [5.74, 6) is 2.46. The van der Waals surface area contributed by atoms with Gasteiger partial charge in [0.2, 0.25) is 5.91 Å². The molecule has 0 unspecified atom stereocenters. The number of benzene rings is 1. The average molecular weight is 337 g/mol. The number of rotatable bonds is 5. The fourth-order valence-corrected chi connectivity index (χ4v) is 4.34. The van der Waals surface area contributed by atoms with Gasteiger partial charge in [0.25, 0.3) is 0 Å². The Morgan fingerprint density at radius 1 is 1.40 bits per heavy atom. The molecule has 1 aromatic carbocycles. The van der Waals surface area contributed by atoms with Crippen molar-refractivity contribution < 1.29 is 4.79 Å². The summed E-state index contributed by atoms with van der Waals surface area (Å²) in [6, 6.07) is 9.13. The van der Waals surface area contributed by atoms with Gasteiger partial charge in [-0.2, -0.15) is 0 Å². The highest BCUT2D eigenvalue weighted by atomic mass is 16.2. The van der Waals surface area contributed by atoms with Gasteiger partial charge >= 0.3 is 0 Å². The Balaban J connectivity index is 1.67. The monoisotopic (exact) mass is 337 g/mol. The van der Waals surface area contributed by atoms with Crippen molar-refractivity contribution in [2.75, 3.05) is 26.2 Å². The Morgan fingerprint density at radius 3 is 2.80 bits per heavy atom. The van der Waals surface area contributed by atoms with Gasteiger partial charge in [-0.1, -0.05) is 36.8 Å². The van der Waals surface area contributed by atoms with Crippen LogP contribution in [0, 0.1) is 12.3 Å². The van der Waals surface area contributed by atoms with E-state index < -0.39 is 0 Å². The van der Waals surface area contributed by atoms with Crippen molar-refractivity contribution in [3.05, 3.63) is 47.7 Å². The van der Waals surface area contributed by atoms with E-state index in [1.54, 1.807) is 0 Å². The highest BCUT2D eigenvalue weighted by molar-refractivity contribution is 5.78. The molecule has 0 saturated carbocycles. The van der Waals surface area contributed by atoms with Crippen LogP contribution in [0.3, 0.4) is 0 Å². The van der Waals surface area contributed by atoms with Gasteiger partial charge in [0.15, 0.2) is 0 Å². The minimum atomic E-state index is 0.0162. The van der Waals surface area contributed by atoms with Crippen LogP contribution in [0.25, 0.3) is 0 Å². The zero-order valence-electron chi connectivity index (χ0n) is 15.0. The normalized spacial score (nSPS) is 21.4. The molecule has 1 heterocycles. The zero-order valence-corrected chi connectivity index (χ0v) is 15.0. The number of piperidine rings is 1. The number of hydrogen-bond acceptors (Lipinski definition) is 3. The van der Waals surface area contributed by atoms with Crippen LogP contribution in [-0.2, 0) is 10.2 Å². The fourth-order valence-electron chi connectivity index (χ4n) is 4.34. The van der Waals surface area contributed by atoms with Gasteiger partial charge in [-0.05, 0) is 50.4 Å². The van der Waals surface area contributed by atoms with E-state index in [4.69, 9.17) is 6.42 Å². The first kappa shape index (κ1) is 17.6. The third-order valence-electron chi connectivity index (χ3n) is 5.49. The summed E-state index contributed by atoms with van der Waals surface area (Å²) in [4.78, 5) is 14.1. The van der Waals surface area contributed by atoms with Crippen LogP contribution in [-0.4, -0.2) is 37.0 Å². The topological polar surface area (TPSA) is 44.4 Å². The summed E-state index contributed by atoms with van der Waals surface area (Å²) in [6.45, 7) is 8.66. The minimum absolute atomic E-state index is 0.0162. The van der Waals surface area contributed by atoms with Crippen molar-refractivity contribution >= 4 is 5.91 Å². The number of amides is 1. The number of likely N-dealkylation sites (tertiary alicyclic amines) is 1. The van der Waals surface area contributed by atoms with Gasteiger partial charge in [0, 0.05) is 11.1 Å². The molecule has 132 valence electrons. The van der Waals surface area contributed by atoms with Crippen molar-refractivity contribution in [3.8, 4) is 12.3 Å². The minimum Gasteiger partial charge on any atom is -0.382 e. The molecule has 1 fully saturated rings. The van der Waals surface area contributed by atoms with E-state index in [1.807, 2.05) is 6.92 Å². The Kier molecular flexibility index (Phi) is 5.15. The molecule has 0 aromatic heterocycles. The van der Waals surface area contributed by atoms with E-state index in [2.05, 4.69) is 52.3 Å². The summed E-state index contributed by atoms with van der Waals surface area (Å²) < 4.78 is 0. The molecule has 0 radical (unpaired) electrons. The number of carbonyl (C=O) groups is 1. The standard InChI is InChI=1S/C21H27N3O/c1-4-11-22-20(25)15-24-12-9-21(10-13-24)14-19(23-16(2)3)17-7-5-6-8-18(17)21/h1,5-8,19,23H,2,9-15H2,3H3,(H,22,25)/t19-/m0/s1. The van der Waals surface area contributed by atoms with Crippen molar-refractivity contribution in [1.82, 2.24) is 15.5 Å². The van der Waals surface area contributed by atoms with E-state index >= 15 is 0 Å². The molecule has 4 heteroatoms.